The number of β-amino-alcohol motifs (C(OH)–C–C–N with tert-alkyl or cyclic N) is 1. The summed E-state index contributed by atoms with van der Waals surface area (Å²) in [6, 6.07) is 4.76. The van der Waals surface area contributed by atoms with E-state index >= 15 is 0 Å². The summed E-state index contributed by atoms with van der Waals surface area (Å²) in [7, 11) is 0. The maximum Gasteiger partial charge on any atom is 0.129 e. The van der Waals surface area contributed by atoms with E-state index < -0.39 is 6.10 Å². The van der Waals surface area contributed by atoms with Gasteiger partial charge in [-0.05, 0) is 12.1 Å². The highest BCUT2D eigenvalue weighted by Gasteiger charge is 2.20. The molecular weight excluding hydrogens is 319 g/mol. The van der Waals surface area contributed by atoms with Crippen LogP contribution >= 0.6 is 11.6 Å². The van der Waals surface area contributed by atoms with Gasteiger partial charge < -0.3 is 9.84 Å². The van der Waals surface area contributed by atoms with Crippen LogP contribution in [0.5, 0.6) is 0 Å². The first kappa shape index (κ1) is 18.2. The van der Waals surface area contributed by atoms with Gasteiger partial charge in [-0.15, -0.1) is 6.42 Å². The minimum absolute atomic E-state index is 0.217. The largest absolute Gasteiger partial charge is 0.389 e. The van der Waals surface area contributed by atoms with Crippen molar-refractivity contribution in [3.63, 3.8) is 0 Å². The maximum absolute atomic E-state index is 13.8. The summed E-state index contributed by atoms with van der Waals surface area (Å²) in [5.41, 5.74) is 0.547. The smallest absolute Gasteiger partial charge is 0.129 e. The second-order valence-electron chi connectivity index (χ2n) is 5.65. The number of rotatable bonds is 7. The molecule has 0 aliphatic carbocycles. The average molecular weight is 341 g/mol. The Labute approximate surface area is 141 Å². The van der Waals surface area contributed by atoms with Crippen LogP contribution < -0.4 is 0 Å². The Balaban J connectivity index is 1.75. The van der Waals surface area contributed by atoms with E-state index in [1.165, 1.54) is 6.07 Å². The number of aliphatic hydroxyl groups is 1. The number of benzene rings is 1. The summed E-state index contributed by atoms with van der Waals surface area (Å²) in [5.74, 6) is 2.11. The van der Waals surface area contributed by atoms with Gasteiger partial charge in [-0.3, -0.25) is 9.80 Å². The van der Waals surface area contributed by atoms with Gasteiger partial charge in [0, 0.05) is 49.9 Å². The van der Waals surface area contributed by atoms with Crippen LogP contribution in [0.1, 0.15) is 5.56 Å². The number of aliphatic hydroxyl groups excluding tert-OH is 1. The molecular formula is C17H22ClFN2O2. The lowest BCUT2D eigenvalue weighted by Gasteiger charge is -2.35. The van der Waals surface area contributed by atoms with Crippen molar-refractivity contribution in [1.82, 2.24) is 9.80 Å². The molecule has 1 aromatic rings. The Hall–Kier alpha value is -1.16. The van der Waals surface area contributed by atoms with Crippen LogP contribution in [0, 0.1) is 18.2 Å². The van der Waals surface area contributed by atoms with Crippen LogP contribution in [0.3, 0.4) is 0 Å². The Kier molecular flexibility index (Phi) is 7.28. The molecule has 1 aromatic carbocycles. The normalized spacial score (nSPS) is 17.8. The van der Waals surface area contributed by atoms with Crippen molar-refractivity contribution < 1.29 is 14.2 Å². The highest BCUT2D eigenvalue weighted by molar-refractivity contribution is 6.31. The summed E-state index contributed by atoms with van der Waals surface area (Å²) >= 11 is 6.07. The molecule has 1 aliphatic heterocycles. The molecule has 6 heteroatoms. The molecule has 126 valence electrons. The van der Waals surface area contributed by atoms with E-state index in [2.05, 4.69) is 15.7 Å². The van der Waals surface area contributed by atoms with E-state index in [4.69, 9.17) is 22.8 Å². The molecule has 2 rings (SSSR count). The molecule has 0 saturated carbocycles. The summed E-state index contributed by atoms with van der Waals surface area (Å²) in [4.78, 5) is 4.34. The lowest BCUT2D eigenvalue weighted by molar-refractivity contribution is 0.0153. The minimum Gasteiger partial charge on any atom is -0.389 e. The van der Waals surface area contributed by atoms with Gasteiger partial charge in [0.1, 0.15) is 12.4 Å². The SMILES string of the molecule is C#CCOCC(O)CN1CCN(Cc2c(F)cccc2Cl)CC1. The van der Waals surface area contributed by atoms with Crippen LogP contribution in [0.15, 0.2) is 18.2 Å². The molecule has 1 unspecified atom stereocenters. The van der Waals surface area contributed by atoms with Gasteiger partial charge in [0.25, 0.3) is 0 Å². The predicted octanol–water partition coefficient (Wildman–Crippen LogP) is 1.61. The summed E-state index contributed by atoms with van der Waals surface area (Å²) in [5, 5.41) is 10.4. The Morgan fingerprint density at radius 2 is 2.00 bits per heavy atom. The van der Waals surface area contributed by atoms with Crippen LogP contribution in [0.25, 0.3) is 0 Å². The van der Waals surface area contributed by atoms with Crippen LogP contribution in [0.2, 0.25) is 5.02 Å². The molecule has 0 aromatic heterocycles. The second-order valence-corrected chi connectivity index (χ2v) is 6.06. The highest BCUT2D eigenvalue weighted by Crippen LogP contribution is 2.21. The van der Waals surface area contributed by atoms with Gasteiger partial charge in [-0.25, -0.2) is 4.39 Å². The van der Waals surface area contributed by atoms with Gasteiger partial charge in [-0.1, -0.05) is 23.6 Å². The summed E-state index contributed by atoms with van der Waals surface area (Å²) in [6.07, 6.45) is 4.54. The molecule has 1 aliphatic rings. The number of terminal acetylenes is 1. The van der Waals surface area contributed by atoms with Crippen LogP contribution in [-0.2, 0) is 11.3 Å². The number of halogens is 2. The number of nitrogens with zero attached hydrogens (tertiary/aromatic N) is 2. The topological polar surface area (TPSA) is 35.9 Å². The van der Waals surface area contributed by atoms with E-state index in [1.807, 2.05) is 0 Å². The average Bonchev–Trinajstić information content (AvgIpc) is 2.53. The first-order valence-corrected chi connectivity index (χ1v) is 8.05. The predicted molar refractivity (Wildman–Crippen MR) is 88.8 cm³/mol. The number of hydrogen-bond donors (Lipinski definition) is 1. The van der Waals surface area contributed by atoms with Gasteiger partial charge >= 0.3 is 0 Å². The Morgan fingerprint density at radius 1 is 1.30 bits per heavy atom. The molecule has 1 fully saturated rings. The van der Waals surface area contributed by atoms with Gasteiger partial charge in [0.15, 0.2) is 0 Å². The first-order chi connectivity index (χ1) is 11.1. The fraction of sp³-hybridized carbons (Fsp3) is 0.529. The molecule has 0 spiro atoms. The molecule has 1 atom stereocenters. The first-order valence-electron chi connectivity index (χ1n) is 7.67. The third-order valence-electron chi connectivity index (χ3n) is 3.87. The minimum atomic E-state index is -0.545. The molecule has 1 saturated heterocycles. The molecule has 1 heterocycles. The van der Waals surface area contributed by atoms with E-state index in [9.17, 15) is 9.50 Å². The maximum atomic E-state index is 13.8. The molecule has 4 nitrogen and oxygen atoms in total. The van der Waals surface area contributed by atoms with E-state index in [0.29, 0.717) is 23.7 Å². The van der Waals surface area contributed by atoms with Crippen molar-refractivity contribution in [3.05, 3.63) is 34.6 Å². The number of piperazine rings is 1. The van der Waals surface area contributed by atoms with E-state index in [1.54, 1.807) is 12.1 Å². The summed E-state index contributed by atoms with van der Waals surface area (Å²) in [6.45, 7) is 4.78. The quantitative estimate of drug-likeness (QED) is 0.604. The van der Waals surface area contributed by atoms with Crippen molar-refractivity contribution >= 4 is 11.6 Å². The Bertz CT molecular complexity index is 522. The van der Waals surface area contributed by atoms with Gasteiger partial charge in [0.05, 0.1) is 12.7 Å². The van der Waals surface area contributed by atoms with Crippen molar-refractivity contribution in [1.29, 1.82) is 0 Å². The summed E-state index contributed by atoms with van der Waals surface area (Å²) < 4.78 is 19.0. The second kappa shape index (κ2) is 9.21. The van der Waals surface area contributed by atoms with Crippen LogP contribution in [-0.4, -0.2) is 66.9 Å². The van der Waals surface area contributed by atoms with Crippen molar-refractivity contribution in [2.75, 3.05) is 45.9 Å². The molecule has 23 heavy (non-hydrogen) atoms. The zero-order chi connectivity index (χ0) is 16.7. The van der Waals surface area contributed by atoms with Crippen molar-refractivity contribution in [2.45, 2.75) is 12.6 Å². The van der Waals surface area contributed by atoms with Crippen molar-refractivity contribution in [3.8, 4) is 12.3 Å². The molecule has 0 amide bonds. The highest BCUT2D eigenvalue weighted by atomic mass is 35.5. The molecule has 0 bridgehead atoms. The lowest BCUT2D eigenvalue weighted by atomic mass is 10.1. The fourth-order valence-electron chi connectivity index (χ4n) is 2.64. The fourth-order valence-corrected chi connectivity index (χ4v) is 2.86. The van der Waals surface area contributed by atoms with Crippen LogP contribution in [0.4, 0.5) is 4.39 Å². The third kappa shape index (κ3) is 5.76. The molecule has 0 radical (unpaired) electrons. The van der Waals surface area contributed by atoms with Gasteiger partial charge in [-0.2, -0.15) is 0 Å². The molecule has 1 N–H and O–H groups in total. The van der Waals surface area contributed by atoms with E-state index in [0.717, 1.165) is 26.2 Å². The van der Waals surface area contributed by atoms with Crippen molar-refractivity contribution in [2.24, 2.45) is 0 Å². The lowest BCUT2D eigenvalue weighted by Crippen LogP contribution is -2.48. The number of ether oxygens (including phenoxy) is 1. The van der Waals surface area contributed by atoms with E-state index in [-0.39, 0.29) is 19.0 Å². The standard InChI is InChI=1S/C17H22ClFN2O2/c1-2-10-23-13-14(22)11-20-6-8-21(9-7-20)12-15-16(18)4-3-5-17(15)19/h1,3-5,14,22H,6-13H2. The zero-order valence-electron chi connectivity index (χ0n) is 13.0. The zero-order valence-corrected chi connectivity index (χ0v) is 13.8. The van der Waals surface area contributed by atoms with Gasteiger partial charge in [0.2, 0.25) is 0 Å². The third-order valence-corrected chi connectivity index (χ3v) is 4.23. The Morgan fingerprint density at radius 3 is 2.65 bits per heavy atom. The monoisotopic (exact) mass is 340 g/mol. The number of hydrogen-bond acceptors (Lipinski definition) is 4.